The van der Waals surface area contributed by atoms with Crippen LogP contribution in [0.25, 0.3) is 0 Å². The maximum absolute atomic E-state index is 12.1. The van der Waals surface area contributed by atoms with E-state index >= 15 is 0 Å². The van der Waals surface area contributed by atoms with Crippen LogP contribution in [0, 0.1) is 6.92 Å². The van der Waals surface area contributed by atoms with Gasteiger partial charge in [-0.3, -0.25) is 4.79 Å². The van der Waals surface area contributed by atoms with E-state index in [1.807, 2.05) is 11.8 Å². The van der Waals surface area contributed by atoms with Gasteiger partial charge in [0, 0.05) is 18.8 Å². The highest BCUT2D eigenvalue weighted by atomic mass is 16.2. The molecule has 1 aliphatic heterocycles. The minimum absolute atomic E-state index is 0.0306. The second kappa shape index (κ2) is 4.47. The predicted octanol–water partition coefficient (Wildman–Crippen LogP) is 0.993. The van der Waals surface area contributed by atoms with E-state index in [2.05, 4.69) is 9.97 Å². The average Bonchev–Trinajstić information content (AvgIpc) is 2.28. The SMILES string of the molecule is Cc1cc(C(=O)N2CCCCC2)nc(N)n1. The van der Waals surface area contributed by atoms with Crippen LogP contribution in [0.2, 0.25) is 0 Å². The minimum Gasteiger partial charge on any atom is -0.368 e. The number of hydrogen-bond acceptors (Lipinski definition) is 4. The number of aromatic nitrogens is 2. The van der Waals surface area contributed by atoms with Gasteiger partial charge in [-0.2, -0.15) is 0 Å². The van der Waals surface area contributed by atoms with Crippen molar-refractivity contribution in [3.63, 3.8) is 0 Å². The Morgan fingerprint density at radius 2 is 2.00 bits per heavy atom. The Labute approximate surface area is 94.7 Å². The molecule has 0 unspecified atom stereocenters. The molecule has 0 aromatic carbocycles. The van der Waals surface area contributed by atoms with Gasteiger partial charge >= 0.3 is 0 Å². The van der Waals surface area contributed by atoms with Crippen molar-refractivity contribution in [1.82, 2.24) is 14.9 Å². The van der Waals surface area contributed by atoms with E-state index in [9.17, 15) is 4.79 Å². The van der Waals surface area contributed by atoms with Crippen molar-refractivity contribution in [2.45, 2.75) is 26.2 Å². The molecule has 0 saturated carbocycles. The van der Waals surface area contributed by atoms with Crippen LogP contribution < -0.4 is 5.73 Å². The summed E-state index contributed by atoms with van der Waals surface area (Å²) in [6.45, 7) is 3.45. The summed E-state index contributed by atoms with van der Waals surface area (Å²) in [6, 6.07) is 1.69. The first-order chi connectivity index (χ1) is 7.66. The lowest BCUT2D eigenvalue weighted by molar-refractivity contribution is 0.0718. The molecular formula is C11H16N4O. The summed E-state index contributed by atoms with van der Waals surface area (Å²) >= 11 is 0. The summed E-state index contributed by atoms with van der Waals surface area (Å²) in [4.78, 5) is 21.9. The fraction of sp³-hybridized carbons (Fsp3) is 0.545. The molecule has 5 nitrogen and oxygen atoms in total. The topological polar surface area (TPSA) is 72.1 Å². The number of nitrogen functional groups attached to an aromatic ring is 1. The number of likely N-dealkylation sites (tertiary alicyclic amines) is 1. The van der Waals surface area contributed by atoms with Crippen LogP contribution in [-0.2, 0) is 0 Å². The van der Waals surface area contributed by atoms with Crippen molar-refractivity contribution < 1.29 is 4.79 Å². The van der Waals surface area contributed by atoms with Crippen LogP contribution >= 0.6 is 0 Å². The van der Waals surface area contributed by atoms with Crippen LogP contribution in [0.3, 0.4) is 0 Å². The van der Waals surface area contributed by atoms with E-state index in [1.165, 1.54) is 6.42 Å². The molecule has 86 valence electrons. The number of piperidine rings is 1. The Balaban J connectivity index is 2.19. The van der Waals surface area contributed by atoms with Crippen LogP contribution in [0.1, 0.15) is 35.4 Å². The maximum Gasteiger partial charge on any atom is 0.272 e. The summed E-state index contributed by atoms with van der Waals surface area (Å²) in [5.41, 5.74) is 6.67. The van der Waals surface area contributed by atoms with E-state index in [-0.39, 0.29) is 11.9 Å². The molecule has 2 rings (SSSR count). The maximum atomic E-state index is 12.1. The van der Waals surface area contributed by atoms with Crippen molar-refractivity contribution in [2.24, 2.45) is 0 Å². The van der Waals surface area contributed by atoms with Crippen LogP contribution in [0.15, 0.2) is 6.07 Å². The van der Waals surface area contributed by atoms with Crippen LogP contribution in [0.4, 0.5) is 5.95 Å². The van der Waals surface area contributed by atoms with Gasteiger partial charge < -0.3 is 10.6 Å². The number of nitrogens with two attached hydrogens (primary N) is 1. The van der Waals surface area contributed by atoms with E-state index in [4.69, 9.17) is 5.73 Å². The fourth-order valence-electron chi connectivity index (χ4n) is 1.96. The lowest BCUT2D eigenvalue weighted by atomic mass is 10.1. The lowest BCUT2D eigenvalue weighted by Gasteiger charge is -2.26. The molecule has 1 aliphatic rings. The smallest absolute Gasteiger partial charge is 0.272 e. The number of carbonyl (C=O) groups excluding carboxylic acids is 1. The first-order valence-corrected chi connectivity index (χ1v) is 5.57. The third kappa shape index (κ3) is 2.29. The van der Waals surface area contributed by atoms with Gasteiger partial charge in [-0.05, 0) is 32.3 Å². The number of carbonyl (C=O) groups is 1. The van der Waals surface area contributed by atoms with Crippen molar-refractivity contribution in [1.29, 1.82) is 0 Å². The number of amides is 1. The van der Waals surface area contributed by atoms with Crippen molar-refractivity contribution in [2.75, 3.05) is 18.8 Å². The number of hydrogen-bond donors (Lipinski definition) is 1. The summed E-state index contributed by atoms with van der Waals surface area (Å²) < 4.78 is 0. The molecule has 5 heteroatoms. The summed E-state index contributed by atoms with van der Waals surface area (Å²) in [5.74, 6) is 0.136. The summed E-state index contributed by atoms with van der Waals surface area (Å²) in [6.07, 6.45) is 3.35. The number of nitrogens with zero attached hydrogens (tertiary/aromatic N) is 3. The Morgan fingerprint density at radius 3 is 2.62 bits per heavy atom. The zero-order chi connectivity index (χ0) is 11.5. The Hall–Kier alpha value is -1.65. The highest BCUT2D eigenvalue weighted by Crippen LogP contribution is 2.12. The number of anilines is 1. The average molecular weight is 220 g/mol. The van der Waals surface area contributed by atoms with Crippen molar-refractivity contribution in [3.05, 3.63) is 17.5 Å². The minimum atomic E-state index is -0.0306. The van der Waals surface area contributed by atoms with Gasteiger partial charge in [0.25, 0.3) is 5.91 Å². The summed E-state index contributed by atoms with van der Waals surface area (Å²) in [5, 5.41) is 0. The Kier molecular flexibility index (Phi) is 3.03. The monoisotopic (exact) mass is 220 g/mol. The van der Waals surface area contributed by atoms with E-state index < -0.39 is 0 Å². The van der Waals surface area contributed by atoms with Crippen LogP contribution in [-0.4, -0.2) is 33.9 Å². The molecule has 0 spiro atoms. The first kappa shape index (κ1) is 10.9. The molecule has 0 aliphatic carbocycles. The molecule has 0 bridgehead atoms. The zero-order valence-electron chi connectivity index (χ0n) is 9.44. The molecule has 0 atom stereocenters. The van der Waals surface area contributed by atoms with Gasteiger partial charge in [0.15, 0.2) is 0 Å². The zero-order valence-corrected chi connectivity index (χ0v) is 9.44. The predicted molar refractivity (Wildman–Crippen MR) is 60.9 cm³/mol. The molecule has 2 N–H and O–H groups in total. The first-order valence-electron chi connectivity index (χ1n) is 5.57. The highest BCUT2D eigenvalue weighted by molar-refractivity contribution is 5.92. The molecule has 1 saturated heterocycles. The quantitative estimate of drug-likeness (QED) is 0.766. The Morgan fingerprint density at radius 1 is 1.31 bits per heavy atom. The fourth-order valence-corrected chi connectivity index (χ4v) is 1.96. The molecule has 1 amide bonds. The van der Waals surface area contributed by atoms with Gasteiger partial charge in [-0.25, -0.2) is 9.97 Å². The third-order valence-corrected chi connectivity index (χ3v) is 2.73. The highest BCUT2D eigenvalue weighted by Gasteiger charge is 2.19. The molecule has 0 radical (unpaired) electrons. The number of aryl methyl sites for hydroxylation is 1. The van der Waals surface area contributed by atoms with Gasteiger partial charge in [-0.15, -0.1) is 0 Å². The van der Waals surface area contributed by atoms with E-state index in [0.717, 1.165) is 31.6 Å². The molecule has 1 aromatic rings. The van der Waals surface area contributed by atoms with Crippen LogP contribution in [0.5, 0.6) is 0 Å². The Bertz CT molecular complexity index is 379. The van der Waals surface area contributed by atoms with E-state index in [0.29, 0.717) is 5.69 Å². The molecular weight excluding hydrogens is 204 g/mol. The molecule has 16 heavy (non-hydrogen) atoms. The van der Waals surface area contributed by atoms with Crippen molar-refractivity contribution in [3.8, 4) is 0 Å². The van der Waals surface area contributed by atoms with Gasteiger partial charge in [0.05, 0.1) is 0 Å². The van der Waals surface area contributed by atoms with Gasteiger partial charge in [-0.1, -0.05) is 0 Å². The van der Waals surface area contributed by atoms with Gasteiger partial charge in [0.1, 0.15) is 5.69 Å². The molecule has 1 fully saturated rings. The third-order valence-electron chi connectivity index (χ3n) is 2.73. The normalized spacial score (nSPS) is 16.2. The lowest BCUT2D eigenvalue weighted by Crippen LogP contribution is -2.36. The molecule has 2 heterocycles. The number of rotatable bonds is 1. The second-order valence-electron chi connectivity index (χ2n) is 4.11. The standard InChI is InChI=1S/C11H16N4O/c1-8-7-9(14-11(12)13-8)10(16)15-5-3-2-4-6-15/h7H,2-6H2,1H3,(H2,12,13,14). The summed E-state index contributed by atoms with van der Waals surface area (Å²) in [7, 11) is 0. The van der Waals surface area contributed by atoms with Gasteiger partial charge in [0.2, 0.25) is 5.95 Å². The largest absolute Gasteiger partial charge is 0.368 e. The molecule has 1 aromatic heterocycles. The van der Waals surface area contributed by atoms with E-state index in [1.54, 1.807) is 6.07 Å². The second-order valence-corrected chi connectivity index (χ2v) is 4.11. The van der Waals surface area contributed by atoms with Crippen molar-refractivity contribution >= 4 is 11.9 Å².